The molecule has 0 unspecified atom stereocenters. The second kappa shape index (κ2) is 4.19. The minimum absolute atomic E-state index is 0.0742. The van der Waals surface area contributed by atoms with Crippen molar-refractivity contribution in [1.82, 2.24) is 0 Å². The molecule has 0 aliphatic rings. The number of hydrogen-bond acceptors (Lipinski definition) is 3. The Morgan fingerprint density at radius 2 is 2.29 bits per heavy atom. The zero-order valence-corrected chi connectivity index (χ0v) is 7.60. The zero-order chi connectivity index (χ0) is 10.6. The molecule has 0 amide bonds. The normalized spacial score (nSPS) is 10.0. The molecule has 0 aliphatic heterocycles. The van der Waals surface area contributed by atoms with Crippen molar-refractivity contribution < 1.29 is 4.92 Å². The molecule has 0 bridgehead atoms. The lowest BCUT2D eigenvalue weighted by Gasteiger charge is -1.99. The molecule has 0 radical (unpaired) electrons. The maximum atomic E-state index is 10.6. The molecule has 0 saturated heterocycles. The van der Waals surface area contributed by atoms with Gasteiger partial charge in [0.2, 0.25) is 0 Å². The first-order valence-electron chi connectivity index (χ1n) is 3.97. The highest BCUT2D eigenvalue weighted by atomic mass is 16.6. The van der Waals surface area contributed by atoms with Crippen molar-refractivity contribution in [2.24, 2.45) is 0 Å². The molecule has 0 fully saturated rings. The van der Waals surface area contributed by atoms with Gasteiger partial charge in [0.05, 0.1) is 11.0 Å². The predicted molar refractivity (Wildman–Crippen MR) is 52.5 cm³/mol. The van der Waals surface area contributed by atoms with Crippen LogP contribution in [0.25, 0.3) is 6.08 Å². The Hall–Kier alpha value is -2.15. The van der Waals surface area contributed by atoms with Crippen molar-refractivity contribution in [3.63, 3.8) is 0 Å². The van der Waals surface area contributed by atoms with Gasteiger partial charge in [-0.25, -0.2) is 0 Å². The van der Waals surface area contributed by atoms with Gasteiger partial charge in [-0.15, -0.1) is 0 Å². The van der Waals surface area contributed by atoms with Gasteiger partial charge in [-0.2, -0.15) is 5.26 Å². The maximum Gasteiger partial charge on any atom is 0.272 e. The number of nitro benzene ring substituents is 1. The molecule has 70 valence electrons. The van der Waals surface area contributed by atoms with Gasteiger partial charge >= 0.3 is 0 Å². The molecule has 1 aromatic rings. The minimum Gasteiger partial charge on any atom is -0.258 e. The van der Waals surface area contributed by atoms with Gasteiger partial charge in [-0.05, 0) is 18.6 Å². The number of hydrogen-bond donors (Lipinski definition) is 0. The van der Waals surface area contributed by atoms with Crippen molar-refractivity contribution in [2.45, 2.75) is 6.92 Å². The standard InChI is InChI=1S/C10H8N2O2/c1-8-9(5-3-7-11)4-2-6-10(8)12(13)14/h2-6H,1H3. The van der Waals surface area contributed by atoms with Gasteiger partial charge in [0, 0.05) is 17.7 Å². The topological polar surface area (TPSA) is 66.9 Å². The summed E-state index contributed by atoms with van der Waals surface area (Å²) in [6.07, 6.45) is 2.86. The van der Waals surface area contributed by atoms with Gasteiger partial charge in [-0.3, -0.25) is 10.1 Å². The monoisotopic (exact) mass is 188 g/mol. The highest BCUT2D eigenvalue weighted by Gasteiger charge is 2.10. The molecular weight excluding hydrogens is 180 g/mol. The van der Waals surface area contributed by atoms with E-state index in [9.17, 15) is 10.1 Å². The number of nitrogens with zero attached hydrogens (tertiary/aromatic N) is 2. The van der Waals surface area contributed by atoms with E-state index in [2.05, 4.69) is 0 Å². The van der Waals surface area contributed by atoms with Crippen LogP contribution in [0.15, 0.2) is 24.3 Å². The fourth-order valence-corrected chi connectivity index (χ4v) is 1.15. The Kier molecular flexibility index (Phi) is 2.97. The summed E-state index contributed by atoms with van der Waals surface area (Å²) in [6.45, 7) is 1.66. The average molecular weight is 188 g/mol. The summed E-state index contributed by atoms with van der Waals surface area (Å²) in [5, 5.41) is 18.9. The first-order chi connectivity index (χ1) is 6.66. The van der Waals surface area contributed by atoms with Gasteiger partial charge < -0.3 is 0 Å². The SMILES string of the molecule is Cc1c(C=CC#N)cccc1[N+](=O)[O-]. The maximum absolute atomic E-state index is 10.6. The highest BCUT2D eigenvalue weighted by molar-refractivity contribution is 5.60. The largest absolute Gasteiger partial charge is 0.272 e. The molecule has 0 aromatic heterocycles. The Morgan fingerprint density at radius 3 is 2.86 bits per heavy atom. The molecule has 4 nitrogen and oxygen atoms in total. The molecular formula is C10H8N2O2. The van der Waals surface area contributed by atoms with Crippen LogP contribution >= 0.6 is 0 Å². The number of benzene rings is 1. The Labute approximate surface area is 81.2 Å². The summed E-state index contributed by atoms with van der Waals surface area (Å²) in [6, 6.07) is 6.62. The summed E-state index contributed by atoms with van der Waals surface area (Å²) in [5.74, 6) is 0. The van der Waals surface area contributed by atoms with E-state index in [1.165, 1.54) is 12.1 Å². The van der Waals surface area contributed by atoms with E-state index >= 15 is 0 Å². The summed E-state index contributed by atoms with van der Waals surface area (Å²) in [5.41, 5.74) is 1.34. The number of nitriles is 1. The van der Waals surface area contributed by atoms with Crippen LogP contribution in [0.5, 0.6) is 0 Å². The van der Waals surface area contributed by atoms with Crippen LogP contribution in [0.3, 0.4) is 0 Å². The van der Waals surface area contributed by atoms with Crippen LogP contribution < -0.4 is 0 Å². The van der Waals surface area contributed by atoms with Crippen LogP contribution in [0.4, 0.5) is 5.69 Å². The summed E-state index contributed by atoms with van der Waals surface area (Å²) in [7, 11) is 0. The molecule has 4 heteroatoms. The van der Waals surface area contributed by atoms with Crippen molar-refractivity contribution in [3.8, 4) is 6.07 Å². The molecule has 0 N–H and O–H groups in total. The fraction of sp³-hybridized carbons (Fsp3) is 0.100. The lowest BCUT2D eigenvalue weighted by Crippen LogP contribution is -1.92. The first-order valence-corrected chi connectivity index (χ1v) is 3.97. The van der Waals surface area contributed by atoms with Gasteiger partial charge in [0.25, 0.3) is 5.69 Å². The van der Waals surface area contributed by atoms with E-state index in [4.69, 9.17) is 5.26 Å². The molecule has 0 saturated carbocycles. The number of nitro groups is 1. The van der Waals surface area contributed by atoms with Crippen molar-refractivity contribution in [3.05, 3.63) is 45.5 Å². The minimum atomic E-state index is -0.432. The first kappa shape index (κ1) is 9.93. The molecule has 1 aromatic carbocycles. The van der Waals surface area contributed by atoms with E-state index in [-0.39, 0.29) is 5.69 Å². The number of rotatable bonds is 2. The summed E-state index contributed by atoms with van der Waals surface area (Å²) < 4.78 is 0. The van der Waals surface area contributed by atoms with E-state index < -0.39 is 4.92 Å². The zero-order valence-electron chi connectivity index (χ0n) is 7.60. The summed E-state index contributed by atoms with van der Waals surface area (Å²) in [4.78, 5) is 10.1. The second-order valence-electron chi connectivity index (χ2n) is 2.71. The number of allylic oxidation sites excluding steroid dienone is 1. The third-order valence-corrected chi connectivity index (χ3v) is 1.88. The second-order valence-corrected chi connectivity index (χ2v) is 2.71. The van der Waals surface area contributed by atoms with Gasteiger partial charge in [0.15, 0.2) is 0 Å². The Balaban J connectivity index is 3.22. The summed E-state index contributed by atoms with van der Waals surface area (Å²) >= 11 is 0. The molecule has 0 spiro atoms. The quantitative estimate of drug-likeness (QED) is 0.406. The Bertz CT molecular complexity index is 430. The third kappa shape index (κ3) is 1.96. The lowest BCUT2D eigenvalue weighted by atomic mass is 10.1. The van der Waals surface area contributed by atoms with Crippen LogP contribution in [0.2, 0.25) is 0 Å². The van der Waals surface area contributed by atoms with E-state index in [0.717, 1.165) is 0 Å². The van der Waals surface area contributed by atoms with Gasteiger partial charge in [0.1, 0.15) is 0 Å². The molecule has 0 atom stereocenters. The van der Waals surface area contributed by atoms with Crippen molar-refractivity contribution >= 4 is 11.8 Å². The third-order valence-electron chi connectivity index (χ3n) is 1.88. The molecule has 1 rings (SSSR count). The van der Waals surface area contributed by atoms with Crippen molar-refractivity contribution in [1.29, 1.82) is 5.26 Å². The van der Waals surface area contributed by atoms with E-state index in [1.807, 2.05) is 6.07 Å². The van der Waals surface area contributed by atoms with Crippen LogP contribution in [0.1, 0.15) is 11.1 Å². The van der Waals surface area contributed by atoms with Crippen LogP contribution in [0, 0.1) is 28.4 Å². The van der Waals surface area contributed by atoms with E-state index in [1.54, 1.807) is 25.1 Å². The van der Waals surface area contributed by atoms with Crippen LogP contribution in [-0.4, -0.2) is 4.92 Å². The van der Waals surface area contributed by atoms with E-state index in [0.29, 0.717) is 11.1 Å². The van der Waals surface area contributed by atoms with Crippen molar-refractivity contribution in [2.75, 3.05) is 0 Å². The molecule has 14 heavy (non-hydrogen) atoms. The predicted octanol–water partition coefficient (Wildman–Crippen LogP) is 2.44. The lowest BCUT2D eigenvalue weighted by molar-refractivity contribution is -0.385. The highest BCUT2D eigenvalue weighted by Crippen LogP contribution is 2.21. The molecule has 0 aliphatic carbocycles. The van der Waals surface area contributed by atoms with Gasteiger partial charge in [-0.1, -0.05) is 12.1 Å². The Morgan fingerprint density at radius 1 is 1.57 bits per heavy atom. The average Bonchev–Trinajstić information content (AvgIpc) is 2.16. The molecule has 0 heterocycles. The fourth-order valence-electron chi connectivity index (χ4n) is 1.15. The smallest absolute Gasteiger partial charge is 0.258 e. The van der Waals surface area contributed by atoms with Crippen LogP contribution in [-0.2, 0) is 0 Å².